The summed E-state index contributed by atoms with van der Waals surface area (Å²) in [4.78, 5) is 2.54. The van der Waals surface area contributed by atoms with E-state index >= 15 is 0 Å². The Morgan fingerprint density at radius 2 is 2.38 bits per heavy atom. The second-order valence-electron chi connectivity index (χ2n) is 3.87. The highest BCUT2D eigenvalue weighted by molar-refractivity contribution is 4.75. The van der Waals surface area contributed by atoms with E-state index in [-0.39, 0.29) is 0 Å². The average Bonchev–Trinajstić information content (AvgIpc) is 2.54. The van der Waals surface area contributed by atoms with Crippen LogP contribution in [0.3, 0.4) is 0 Å². The molecule has 1 saturated heterocycles. The van der Waals surface area contributed by atoms with Crippen molar-refractivity contribution < 1.29 is 4.74 Å². The fraction of sp³-hybridized carbons (Fsp3) is 1.00. The molecule has 3 nitrogen and oxygen atoms in total. The first kappa shape index (κ1) is 11.0. The molecule has 1 rings (SSSR count). The van der Waals surface area contributed by atoms with Crippen molar-refractivity contribution in [2.45, 2.75) is 12.8 Å². The van der Waals surface area contributed by atoms with Gasteiger partial charge >= 0.3 is 0 Å². The molecule has 0 aromatic carbocycles. The third-order valence-corrected chi connectivity index (χ3v) is 2.67. The van der Waals surface area contributed by atoms with Gasteiger partial charge in [0.25, 0.3) is 0 Å². The Labute approximate surface area is 81.4 Å². The Morgan fingerprint density at radius 3 is 3.08 bits per heavy atom. The number of likely N-dealkylation sites (tertiary alicyclic amines) is 1. The largest absolute Gasteiger partial charge is 0.384 e. The molecule has 13 heavy (non-hydrogen) atoms. The van der Waals surface area contributed by atoms with Crippen LogP contribution < -0.4 is 5.32 Å². The fourth-order valence-corrected chi connectivity index (χ4v) is 1.97. The molecule has 0 aromatic rings. The lowest BCUT2D eigenvalue weighted by Crippen LogP contribution is -2.25. The third-order valence-electron chi connectivity index (χ3n) is 2.67. The van der Waals surface area contributed by atoms with E-state index in [0.29, 0.717) is 0 Å². The van der Waals surface area contributed by atoms with Gasteiger partial charge in [0.15, 0.2) is 0 Å². The van der Waals surface area contributed by atoms with Crippen molar-refractivity contribution in [3.05, 3.63) is 0 Å². The maximum atomic E-state index is 5.16. The maximum Gasteiger partial charge on any atom is 0.0503 e. The van der Waals surface area contributed by atoms with E-state index in [2.05, 4.69) is 10.2 Å². The highest BCUT2D eigenvalue weighted by Gasteiger charge is 2.21. The SMILES string of the molecule is CNCCCN1CCC(COC)C1. The van der Waals surface area contributed by atoms with Gasteiger partial charge in [0.05, 0.1) is 6.61 Å². The Kier molecular flexibility index (Phi) is 5.35. The van der Waals surface area contributed by atoms with Gasteiger partial charge < -0.3 is 15.0 Å². The molecule has 1 atom stereocenters. The lowest BCUT2D eigenvalue weighted by atomic mass is 10.1. The zero-order valence-electron chi connectivity index (χ0n) is 8.88. The van der Waals surface area contributed by atoms with Crippen LogP contribution in [0, 0.1) is 5.92 Å². The van der Waals surface area contributed by atoms with Gasteiger partial charge in [-0.05, 0) is 45.4 Å². The maximum absolute atomic E-state index is 5.16. The monoisotopic (exact) mass is 186 g/mol. The molecule has 78 valence electrons. The predicted molar refractivity (Wildman–Crippen MR) is 55.0 cm³/mol. The number of hydrogen-bond acceptors (Lipinski definition) is 3. The van der Waals surface area contributed by atoms with E-state index in [1.807, 2.05) is 7.05 Å². The van der Waals surface area contributed by atoms with Crippen LogP contribution in [0.15, 0.2) is 0 Å². The van der Waals surface area contributed by atoms with Crippen LogP contribution in [-0.4, -0.2) is 51.8 Å². The molecule has 0 aliphatic carbocycles. The summed E-state index contributed by atoms with van der Waals surface area (Å²) in [6, 6.07) is 0. The molecule has 1 unspecified atom stereocenters. The van der Waals surface area contributed by atoms with Crippen LogP contribution in [0.2, 0.25) is 0 Å². The fourth-order valence-electron chi connectivity index (χ4n) is 1.97. The van der Waals surface area contributed by atoms with Crippen LogP contribution in [0.5, 0.6) is 0 Å². The predicted octanol–water partition coefficient (Wildman–Crippen LogP) is 0.564. The molecule has 0 amide bonds. The first-order chi connectivity index (χ1) is 6.36. The van der Waals surface area contributed by atoms with Gasteiger partial charge in [-0.1, -0.05) is 0 Å². The zero-order valence-corrected chi connectivity index (χ0v) is 8.88. The molecule has 0 saturated carbocycles. The van der Waals surface area contributed by atoms with Gasteiger partial charge in [-0.15, -0.1) is 0 Å². The summed E-state index contributed by atoms with van der Waals surface area (Å²) in [6.45, 7) is 5.80. The Hall–Kier alpha value is -0.120. The summed E-state index contributed by atoms with van der Waals surface area (Å²) in [7, 11) is 3.81. The van der Waals surface area contributed by atoms with Crippen LogP contribution in [0.25, 0.3) is 0 Å². The van der Waals surface area contributed by atoms with E-state index in [1.54, 1.807) is 7.11 Å². The van der Waals surface area contributed by atoms with Crippen LogP contribution in [-0.2, 0) is 4.74 Å². The molecule has 0 radical (unpaired) electrons. The molecular weight excluding hydrogens is 164 g/mol. The van der Waals surface area contributed by atoms with Crippen molar-refractivity contribution in [2.75, 3.05) is 46.9 Å². The summed E-state index contributed by atoms with van der Waals surface area (Å²) in [6.07, 6.45) is 2.57. The third kappa shape index (κ3) is 4.07. The highest BCUT2D eigenvalue weighted by atomic mass is 16.5. The Morgan fingerprint density at radius 1 is 1.54 bits per heavy atom. The molecule has 3 heteroatoms. The number of ether oxygens (including phenoxy) is 1. The summed E-state index contributed by atoms with van der Waals surface area (Å²) in [5.41, 5.74) is 0. The topological polar surface area (TPSA) is 24.5 Å². The number of nitrogens with zero attached hydrogens (tertiary/aromatic N) is 1. The van der Waals surface area contributed by atoms with Gasteiger partial charge in [-0.25, -0.2) is 0 Å². The van der Waals surface area contributed by atoms with Crippen molar-refractivity contribution in [3.8, 4) is 0 Å². The van der Waals surface area contributed by atoms with E-state index < -0.39 is 0 Å². The molecule has 1 aliphatic heterocycles. The van der Waals surface area contributed by atoms with Gasteiger partial charge in [-0.2, -0.15) is 0 Å². The summed E-state index contributed by atoms with van der Waals surface area (Å²) < 4.78 is 5.16. The molecule has 1 heterocycles. The molecular formula is C10H22N2O. The zero-order chi connectivity index (χ0) is 9.52. The minimum Gasteiger partial charge on any atom is -0.384 e. The van der Waals surface area contributed by atoms with Crippen molar-refractivity contribution in [3.63, 3.8) is 0 Å². The second-order valence-corrected chi connectivity index (χ2v) is 3.87. The lowest BCUT2D eigenvalue weighted by molar-refractivity contribution is 0.153. The van der Waals surface area contributed by atoms with Gasteiger partial charge in [-0.3, -0.25) is 0 Å². The molecule has 1 aliphatic rings. The molecule has 0 aromatic heterocycles. The van der Waals surface area contributed by atoms with E-state index in [9.17, 15) is 0 Å². The first-order valence-electron chi connectivity index (χ1n) is 5.22. The lowest BCUT2D eigenvalue weighted by Gasteiger charge is -2.15. The average molecular weight is 186 g/mol. The number of nitrogens with one attached hydrogen (secondary N) is 1. The molecule has 0 spiro atoms. The van der Waals surface area contributed by atoms with E-state index in [4.69, 9.17) is 4.74 Å². The van der Waals surface area contributed by atoms with E-state index in [1.165, 1.54) is 32.5 Å². The van der Waals surface area contributed by atoms with Crippen molar-refractivity contribution in [1.29, 1.82) is 0 Å². The molecule has 1 N–H and O–H groups in total. The first-order valence-corrected chi connectivity index (χ1v) is 5.22. The van der Waals surface area contributed by atoms with Crippen LogP contribution in [0.1, 0.15) is 12.8 Å². The molecule has 0 bridgehead atoms. The van der Waals surface area contributed by atoms with E-state index in [0.717, 1.165) is 19.1 Å². The van der Waals surface area contributed by atoms with Gasteiger partial charge in [0.2, 0.25) is 0 Å². The van der Waals surface area contributed by atoms with Crippen molar-refractivity contribution >= 4 is 0 Å². The number of methoxy groups -OCH3 is 1. The highest BCUT2D eigenvalue weighted by Crippen LogP contribution is 2.15. The Balaban J connectivity index is 2.03. The normalized spacial score (nSPS) is 24.0. The van der Waals surface area contributed by atoms with Gasteiger partial charge in [0.1, 0.15) is 0 Å². The van der Waals surface area contributed by atoms with Crippen LogP contribution in [0.4, 0.5) is 0 Å². The van der Waals surface area contributed by atoms with Crippen molar-refractivity contribution in [1.82, 2.24) is 10.2 Å². The van der Waals surface area contributed by atoms with Crippen molar-refractivity contribution in [2.24, 2.45) is 5.92 Å². The minimum absolute atomic E-state index is 0.777. The number of rotatable bonds is 6. The Bertz CT molecular complexity index is 130. The quantitative estimate of drug-likeness (QED) is 0.614. The molecule has 1 fully saturated rings. The summed E-state index contributed by atoms with van der Waals surface area (Å²) in [5, 5.41) is 3.18. The van der Waals surface area contributed by atoms with Crippen LogP contribution >= 0.6 is 0 Å². The second kappa shape index (κ2) is 6.35. The number of hydrogen-bond donors (Lipinski definition) is 1. The minimum atomic E-state index is 0.777. The smallest absolute Gasteiger partial charge is 0.0503 e. The summed E-state index contributed by atoms with van der Waals surface area (Å²) >= 11 is 0. The summed E-state index contributed by atoms with van der Waals surface area (Å²) in [5.74, 6) is 0.777. The van der Waals surface area contributed by atoms with Gasteiger partial charge in [0, 0.05) is 13.7 Å². The standard InChI is InChI=1S/C10H22N2O/c1-11-5-3-6-12-7-4-10(8-12)9-13-2/h10-11H,3-9H2,1-2H3.